The van der Waals surface area contributed by atoms with Crippen molar-refractivity contribution in [2.75, 3.05) is 26.1 Å². The molecule has 0 saturated heterocycles. The third kappa shape index (κ3) is 5.08. The van der Waals surface area contributed by atoms with Gasteiger partial charge in [0.05, 0.1) is 25.3 Å². The monoisotopic (exact) mass is 308 g/mol. The zero-order valence-electron chi connectivity index (χ0n) is 12.9. The number of esters is 2. The van der Waals surface area contributed by atoms with Gasteiger partial charge in [0.1, 0.15) is 0 Å². The van der Waals surface area contributed by atoms with Gasteiger partial charge in [0.2, 0.25) is 0 Å². The van der Waals surface area contributed by atoms with E-state index in [0.29, 0.717) is 12.2 Å². The predicted octanol–water partition coefficient (Wildman–Crippen LogP) is 2.18. The fourth-order valence-electron chi connectivity index (χ4n) is 1.73. The normalized spacial score (nSPS) is 9.77. The molecule has 0 radical (unpaired) electrons. The van der Waals surface area contributed by atoms with Crippen molar-refractivity contribution in [3.8, 4) is 0 Å². The van der Waals surface area contributed by atoms with Crippen LogP contribution in [-0.4, -0.2) is 38.7 Å². The standard InChI is InChI=1S/C15H20N2O5/c1-4-5-6-16-15(20)17-12-8-10(13(18)21-2)7-11(9-12)14(19)22-3/h7-9H,4-6H2,1-3H3,(H2,16,17,20). The number of unbranched alkanes of at least 4 members (excludes halogenated alkanes) is 1. The molecule has 0 fully saturated rings. The molecule has 2 N–H and O–H groups in total. The number of methoxy groups -OCH3 is 2. The Bertz CT molecular complexity index is 523. The number of hydrogen-bond donors (Lipinski definition) is 2. The van der Waals surface area contributed by atoms with Crippen molar-refractivity contribution in [2.24, 2.45) is 0 Å². The molecular weight excluding hydrogens is 288 g/mol. The third-order valence-corrected chi connectivity index (χ3v) is 2.85. The van der Waals surface area contributed by atoms with Crippen molar-refractivity contribution in [1.29, 1.82) is 0 Å². The van der Waals surface area contributed by atoms with E-state index in [1.54, 1.807) is 0 Å². The van der Waals surface area contributed by atoms with Gasteiger partial charge in [0.15, 0.2) is 0 Å². The maximum absolute atomic E-state index is 11.7. The van der Waals surface area contributed by atoms with E-state index in [0.717, 1.165) is 12.8 Å². The number of nitrogens with one attached hydrogen (secondary N) is 2. The molecule has 0 spiro atoms. The van der Waals surface area contributed by atoms with Crippen LogP contribution in [0.5, 0.6) is 0 Å². The molecule has 2 amide bonds. The average molecular weight is 308 g/mol. The van der Waals surface area contributed by atoms with E-state index >= 15 is 0 Å². The first-order valence-corrected chi connectivity index (χ1v) is 6.88. The Morgan fingerprint density at radius 2 is 1.55 bits per heavy atom. The lowest BCUT2D eigenvalue weighted by molar-refractivity contribution is 0.0599. The molecule has 1 rings (SSSR count). The number of rotatable bonds is 6. The molecule has 0 aromatic heterocycles. The van der Waals surface area contributed by atoms with Crippen LogP contribution in [-0.2, 0) is 9.47 Å². The minimum Gasteiger partial charge on any atom is -0.465 e. The van der Waals surface area contributed by atoms with Gasteiger partial charge in [0.25, 0.3) is 0 Å². The van der Waals surface area contributed by atoms with Crippen LogP contribution in [0.1, 0.15) is 40.5 Å². The Kier molecular flexibility index (Phi) is 6.88. The second kappa shape index (κ2) is 8.66. The largest absolute Gasteiger partial charge is 0.465 e. The van der Waals surface area contributed by atoms with E-state index < -0.39 is 18.0 Å². The van der Waals surface area contributed by atoms with Crippen LogP contribution in [0.25, 0.3) is 0 Å². The van der Waals surface area contributed by atoms with Crippen molar-refractivity contribution in [3.63, 3.8) is 0 Å². The van der Waals surface area contributed by atoms with Crippen molar-refractivity contribution in [1.82, 2.24) is 5.32 Å². The summed E-state index contributed by atoms with van der Waals surface area (Å²) in [4.78, 5) is 35.0. The second-order valence-electron chi connectivity index (χ2n) is 4.52. The zero-order chi connectivity index (χ0) is 16.5. The van der Waals surface area contributed by atoms with E-state index in [1.807, 2.05) is 6.92 Å². The van der Waals surface area contributed by atoms with Gasteiger partial charge in [-0.15, -0.1) is 0 Å². The summed E-state index contributed by atoms with van der Waals surface area (Å²) < 4.78 is 9.25. The summed E-state index contributed by atoms with van der Waals surface area (Å²) in [6.45, 7) is 2.56. The molecule has 0 aliphatic rings. The summed E-state index contributed by atoms with van der Waals surface area (Å²) in [7, 11) is 2.47. The number of ether oxygens (including phenoxy) is 2. The molecule has 7 nitrogen and oxygen atoms in total. The lowest BCUT2D eigenvalue weighted by Gasteiger charge is -2.10. The Labute approximate surface area is 129 Å². The molecular formula is C15H20N2O5. The van der Waals surface area contributed by atoms with E-state index in [4.69, 9.17) is 0 Å². The molecule has 120 valence electrons. The second-order valence-corrected chi connectivity index (χ2v) is 4.52. The maximum Gasteiger partial charge on any atom is 0.337 e. The number of anilines is 1. The highest BCUT2D eigenvalue weighted by Gasteiger charge is 2.14. The van der Waals surface area contributed by atoms with Gasteiger partial charge in [-0.05, 0) is 24.6 Å². The molecule has 0 unspecified atom stereocenters. The molecule has 7 heteroatoms. The maximum atomic E-state index is 11.7. The van der Waals surface area contributed by atoms with E-state index in [1.165, 1.54) is 32.4 Å². The lowest BCUT2D eigenvalue weighted by Crippen LogP contribution is -2.29. The highest BCUT2D eigenvalue weighted by atomic mass is 16.5. The van der Waals surface area contributed by atoms with E-state index in [-0.39, 0.29) is 11.1 Å². The van der Waals surface area contributed by atoms with Crippen molar-refractivity contribution in [3.05, 3.63) is 29.3 Å². The number of carbonyl (C=O) groups is 3. The van der Waals surface area contributed by atoms with Crippen LogP contribution in [0.15, 0.2) is 18.2 Å². The SMILES string of the molecule is CCCCNC(=O)Nc1cc(C(=O)OC)cc(C(=O)OC)c1. The van der Waals surface area contributed by atoms with Crippen LogP contribution in [0, 0.1) is 0 Å². The predicted molar refractivity (Wildman–Crippen MR) is 81.1 cm³/mol. The molecule has 22 heavy (non-hydrogen) atoms. The Hall–Kier alpha value is -2.57. The quantitative estimate of drug-likeness (QED) is 0.620. The van der Waals surface area contributed by atoms with Crippen LogP contribution in [0.3, 0.4) is 0 Å². The van der Waals surface area contributed by atoms with Crippen LogP contribution < -0.4 is 10.6 Å². The van der Waals surface area contributed by atoms with Gasteiger partial charge >= 0.3 is 18.0 Å². The summed E-state index contributed by atoms with van der Waals surface area (Å²) in [6.07, 6.45) is 1.83. The van der Waals surface area contributed by atoms with E-state index in [9.17, 15) is 14.4 Å². The first-order valence-electron chi connectivity index (χ1n) is 6.88. The summed E-state index contributed by atoms with van der Waals surface area (Å²) in [5, 5.41) is 5.25. The number of carbonyl (C=O) groups excluding carboxylic acids is 3. The molecule has 1 aromatic carbocycles. The van der Waals surface area contributed by atoms with Gasteiger partial charge < -0.3 is 20.1 Å². The minimum atomic E-state index is -0.611. The molecule has 0 bridgehead atoms. The zero-order valence-corrected chi connectivity index (χ0v) is 12.9. The number of hydrogen-bond acceptors (Lipinski definition) is 5. The minimum absolute atomic E-state index is 0.147. The Morgan fingerprint density at radius 1 is 1.00 bits per heavy atom. The molecule has 0 atom stereocenters. The highest BCUT2D eigenvalue weighted by molar-refractivity contribution is 5.99. The summed E-state index contributed by atoms with van der Waals surface area (Å²) in [5.41, 5.74) is 0.598. The average Bonchev–Trinajstić information content (AvgIpc) is 2.53. The fourth-order valence-corrected chi connectivity index (χ4v) is 1.73. The van der Waals surface area contributed by atoms with Gasteiger partial charge in [-0.25, -0.2) is 14.4 Å². The summed E-state index contributed by atoms with van der Waals surface area (Å²) >= 11 is 0. The number of benzene rings is 1. The topological polar surface area (TPSA) is 93.7 Å². The number of urea groups is 1. The number of amides is 2. The van der Waals surface area contributed by atoms with Crippen LogP contribution in [0.4, 0.5) is 10.5 Å². The highest BCUT2D eigenvalue weighted by Crippen LogP contribution is 2.17. The van der Waals surface area contributed by atoms with Crippen LogP contribution >= 0.6 is 0 Å². The molecule has 1 aromatic rings. The summed E-state index contributed by atoms with van der Waals surface area (Å²) in [6, 6.07) is 3.79. The molecule has 0 aliphatic carbocycles. The van der Waals surface area contributed by atoms with Crippen molar-refractivity contribution < 1.29 is 23.9 Å². The summed E-state index contributed by atoms with van der Waals surface area (Å²) in [5.74, 6) is -1.22. The van der Waals surface area contributed by atoms with Crippen molar-refractivity contribution >= 4 is 23.7 Å². The fraction of sp³-hybridized carbons (Fsp3) is 0.400. The molecule has 0 aliphatic heterocycles. The molecule has 0 saturated carbocycles. The smallest absolute Gasteiger partial charge is 0.337 e. The van der Waals surface area contributed by atoms with Crippen molar-refractivity contribution in [2.45, 2.75) is 19.8 Å². The van der Waals surface area contributed by atoms with Gasteiger partial charge in [0, 0.05) is 12.2 Å². The first kappa shape index (κ1) is 17.5. The van der Waals surface area contributed by atoms with Gasteiger partial charge in [-0.3, -0.25) is 0 Å². The van der Waals surface area contributed by atoms with E-state index in [2.05, 4.69) is 20.1 Å². The Morgan fingerprint density at radius 3 is 2.00 bits per heavy atom. The third-order valence-electron chi connectivity index (χ3n) is 2.85. The first-order chi connectivity index (χ1) is 10.5. The van der Waals surface area contributed by atoms with Crippen LogP contribution in [0.2, 0.25) is 0 Å². The Balaban J connectivity index is 2.95. The van der Waals surface area contributed by atoms with Gasteiger partial charge in [-0.1, -0.05) is 13.3 Å². The molecule has 0 heterocycles. The van der Waals surface area contributed by atoms with Gasteiger partial charge in [-0.2, -0.15) is 0 Å². The lowest BCUT2D eigenvalue weighted by atomic mass is 10.1.